The van der Waals surface area contributed by atoms with Gasteiger partial charge in [-0.15, -0.1) is 0 Å². The molecule has 0 aliphatic carbocycles. The number of hydrogen-bond donors (Lipinski definition) is 2. The normalized spacial score (nSPS) is 11.7. The predicted molar refractivity (Wildman–Crippen MR) is 81.8 cm³/mol. The second-order valence-electron chi connectivity index (χ2n) is 4.33. The van der Waals surface area contributed by atoms with Gasteiger partial charge in [0.1, 0.15) is 0 Å². The summed E-state index contributed by atoms with van der Waals surface area (Å²) in [7, 11) is -2.40. The summed E-state index contributed by atoms with van der Waals surface area (Å²) in [5, 5.41) is 2.56. The third-order valence-electron chi connectivity index (χ3n) is 2.79. The first-order chi connectivity index (χ1) is 9.20. The summed E-state index contributed by atoms with van der Waals surface area (Å²) >= 11 is 3.22. The summed E-state index contributed by atoms with van der Waals surface area (Å²) in [6.07, 6.45) is 0. The number of carbonyl (C=O) groups is 1. The Morgan fingerprint density at radius 1 is 1.45 bits per heavy atom. The van der Waals surface area contributed by atoms with Gasteiger partial charge in [0.05, 0.1) is 11.4 Å². The second-order valence-corrected chi connectivity index (χ2v) is 7.26. The zero-order valence-corrected chi connectivity index (χ0v) is 14.0. The molecule has 20 heavy (non-hydrogen) atoms. The molecule has 0 saturated carbocycles. The minimum atomic E-state index is -3.77. The van der Waals surface area contributed by atoms with Gasteiger partial charge >= 0.3 is 0 Å². The Bertz CT molecular complexity index is 617. The zero-order chi connectivity index (χ0) is 15.5. The topological polar surface area (TPSA) is 92.5 Å². The highest BCUT2D eigenvalue weighted by atomic mass is 79.9. The number of nitrogens with two attached hydrogens (primary N) is 1. The van der Waals surface area contributed by atoms with Crippen LogP contribution in [0.4, 0.5) is 5.69 Å². The van der Waals surface area contributed by atoms with Gasteiger partial charge in [-0.2, -0.15) is 4.31 Å². The fraction of sp³-hybridized carbons (Fsp3) is 0.417. The Morgan fingerprint density at radius 3 is 2.60 bits per heavy atom. The quantitative estimate of drug-likeness (QED) is 0.766. The number of nitrogens with one attached hydrogen (secondary N) is 1. The molecule has 3 N–H and O–H groups in total. The van der Waals surface area contributed by atoms with E-state index in [1.54, 1.807) is 19.9 Å². The third kappa shape index (κ3) is 3.71. The first-order valence-electron chi connectivity index (χ1n) is 5.98. The van der Waals surface area contributed by atoms with Crippen LogP contribution in [-0.2, 0) is 14.8 Å². The lowest BCUT2D eigenvalue weighted by molar-refractivity contribution is -0.121. The molecule has 8 heteroatoms. The van der Waals surface area contributed by atoms with Crippen LogP contribution >= 0.6 is 15.9 Å². The van der Waals surface area contributed by atoms with E-state index < -0.39 is 10.0 Å². The van der Waals surface area contributed by atoms with Gasteiger partial charge in [-0.1, -0.05) is 15.9 Å². The van der Waals surface area contributed by atoms with Gasteiger partial charge in [-0.05, 0) is 31.5 Å². The molecule has 0 aromatic heterocycles. The van der Waals surface area contributed by atoms with Crippen LogP contribution in [0.5, 0.6) is 0 Å². The Labute approximate surface area is 127 Å². The summed E-state index contributed by atoms with van der Waals surface area (Å²) < 4.78 is 26.5. The van der Waals surface area contributed by atoms with E-state index in [1.165, 1.54) is 13.1 Å². The predicted octanol–water partition coefficient (Wildman–Crippen LogP) is 1.10. The molecule has 0 saturated heterocycles. The Kier molecular flexibility index (Phi) is 5.55. The van der Waals surface area contributed by atoms with Crippen molar-refractivity contribution in [3.8, 4) is 0 Å². The monoisotopic (exact) mass is 363 g/mol. The lowest BCUT2D eigenvalue weighted by Gasteiger charge is -2.19. The van der Waals surface area contributed by atoms with Gasteiger partial charge in [0.25, 0.3) is 0 Å². The molecule has 1 aromatic carbocycles. The van der Waals surface area contributed by atoms with Crippen LogP contribution in [0.3, 0.4) is 0 Å². The van der Waals surface area contributed by atoms with Crippen molar-refractivity contribution in [2.45, 2.75) is 18.7 Å². The zero-order valence-electron chi connectivity index (χ0n) is 11.6. The maximum Gasteiger partial charge on any atom is 0.243 e. The molecular formula is C12H18BrN3O3S. The lowest BCUT2D eigenvalue weighted by atomic mass is 10.2. The van der Waals surface area contributed by atoms with Crippen LogP contribution in [0.2, 0.25) is 0 Å². The van der Waals surface area contributed by atoms with E-state index in [2.05, 4.69) is 21.2 Å². The minimum absolute atomic E-state index is 0.0937. The molecule has 0 bridgehead atoms. The summed E-state index contributed by atoms with van der Waals surface area (Å²) in [5.41, 5.74) is 6.62. The maximum absolute atomic E-state index is 12.5. The van der Waals surface area contributed by atoms with Crippen LogP contribution in [0.15, 0.2) is 21.5 Å². The fourth-order valence-electron chi connectivity index (χ4n) is 1.65. The van der Waals surface area contributed by atoms with E-state index in [4.69, 9.17) is 5.73 Å². The van der Waals surface area contributed by atoms with E-state index in [0.717, 1.165) is 4.31 Å². The van der Waals surface area contributed by atoms with Crippen molar-refractivity contribution < 1.29 is 13.2 Å². The van der Waals surface area contributed by atoms with Gasteiger partial charge in [-0.3, -0.25) is 4.79 Å². The van der Waals surface area contributed by atoms with Gasteiger partial charge in [0.2, 0.25) is 15.9 Å². The van der Waals surface area contributed by atoms with Gasteiger partial charge in [0, 0.05) is 23.8 Å². The molecule has 0 aliphatic rings. The van der Waals surface area contributed by atoms with Gasteiger partial charge < -0.3 is 11.1 Å². The van der Waals surface area contributed by atoms with Crippen molar-refractivity contribution >= 4 is 37.5 Å². The highest BCUT2D eigenvalue weighted by molar-refractivity contribution is 9.10. The summed E-state index contributed by atoms with van der Waals surface area (Å²) in [6.45, 7) is 3.62. The first kappa shape index (κ1) is 16.9. The van der Waals surface area contributed by atoms with Crippen LogP contribution in [0, 0.1) is 6.92 Å². The van der Waals surface area contributed by atoms with Crippen molar-refractivity contribution in [1.82, 2.24) is 9.62 Å². The van der Waals surface area contributed by atoms with E-state index in [-0.39, 0.29) is 17.3 Å². The highest BCUT2D eigenvalue weighted by Crippen LogP contribution is 2.27. The van der Waals surface area contributed by atoms with Crippen molar-refractivity contribution in [2.75, 3.05) is 25.9 Å². The second kappa shape index (κ2) is 6.55. The van der Waals surface area contributed by atoms with Crippen LogP contribution in [0.25, 0.3) is 0 Å². The SMILES string of the molecule is CCNC(=O)CN(C)S(=O)(=O)c1cc(Br)cc(N)c1C. The Hall–Kier alpha value is -1.12. The molecule has 0 aliphatic heterocycles. The third-order valence-corrected chi connectivity index (χ3v) is 5.18. The van der Waals surface area contributed by atoms with Crippen molar-refractivity contribution in [3.05, 3.63) is 22.2 Å². The van der Waals surface area contributed by atoms with Crippen LogP contribution in [-0.4, -0.2) is 38.8 Å². The standard InChI is InChI=1S/C12H18BrN3O3S/c1-4-15-12(17)7-16(3)20(18,19)11-6-9(13)5-10(14)8(11)2/h5-6H,4,7,14H2,1-3H3,(H,15,17). The number of nitrogen functional groups attached to an aromatic ring is 1. The molecule has 112 valence electrons. The first-order valence-corrected chi connectivity index (χ1v) is 8.22. The molecule has 1 aromatic rings. The Morgan fingerprint density at radius 2 is 2.05 bits per heavy atom. The van der Waals surface area contributed by atoms with E-state index in [1.807, 2.05) is 0 Å². The molecule has 0 heterocycles. The molecule has 0 spiro atoms. The molecule has 0 fully saturated rings. The number of amides is 1. The number of rotatable bonds is 5. The van der Waals surface area contributed by atoms with Crippen LogP contribution < -0.4 is 11.1 Å². The number of benzene rings is 1. The molecular weight excluding hydrogens is 346 g/mol. The largest absolute Gasteiger partial charge is 0.398 e. The fourth-order valence-corrected chi connectivity index (χ4v) is 3.68. The molecule has 0 radical (unpaired) electrons. The average Bonchev–Trinajstić information content (AvgIpc) is 2.33. The number of anilines is 1. The van der Waals surface area contributed by atoms with E-state index in [0.29, 0.717) is 22.3 Å². The number of nitrogens with zero attached hydrogens (tertiary/aromatic N) is 1. The number of halogens is 1. The van der Waals surface area contributed by atoms with Crippen LogP contribution in [0.1, 0.15) is 12.5 Å². The number of carbonyl (C=O) groups excluding carboxylic acids is 1. The number of likely N-dealkylation sites (N-methyl/N-ethyl adjacent to an activating group) is 2. The number of sulfonamides is 1. The minimum Gasteiger partial charge on any atom is -0.398 e. The molecule has 6 nitrogen and oxygen atoms in total. The van der Waals surface area contributed by atoms with Gasteiger partial charge in [-0.25, -0.2) is 8.42 Å². The summed E-state index contributed by atoms with van der Waals surface area (Å²) in [5.74, 6) is -0.348. The van der Waals surface area contributed by atoms with Crippen molar-refractivity contribution in [2.24, 2.45) is 0 Å². The smallest absolute Gasteiger partial charge is 0.243 e. The van der Waals surface area contributed by atoms with E-state index >= 15 is 0 Å². The molecule has 1 amide bonds. The number of hydrogen-bond acceptors (Lipinski definition) is 4. The van der Waals surface area contributed by atoms with Gasteiger partial charge in [0.15, 0.2) is 0 Å². The van der Waals surface area contributed by atoms with Crippen molar-refractivity contribution in [3.63, 3.8) is 0 Å². The summed E-state index contributed by atoms with van der Waals surface area (Å²) in [6, 6.07) is 3.12. The summed E-state index contributed by atoms with van der Waals surface area (Å²) in [4.78, 5) is 11.6. The molecule has 0 atom stereocenters. The Balaban J connectivity index is 3.14. The van der Waals surface area contributed by atoms with Crippen molar-refractivity contribution in [1.29, 1.82) is 0 Å². The lowest BCUT2D eigenvalue weighted by Crippen LogP contribution is -2.38. The maximum atomic E-state index is 12.5. The average molecular weight is 364 g/mol. The molecule has 1 rings (SSSR count). The highest BCUT2D eigenvalue weighted by Gasteiger charge is 2.25. The van der Waals surface area contributed by atoms with E-state index in [9.17, 15) is 13.2 Å². The molecule has 0 unspecified atom stereocenters.